The predicted molar refractivity (Wildman–Crippen MR) is 277 cm³/mol. The van der Waals surface area contributed by atoms with Gasteiger partial charge >= 0.3 is 0 Å². The summed E-state index contributed by atoms with van der Waals surface area (Å²) in [6.45, 7) is 25.6. The zero-order chi connectivity index (χ0) is 44.4. The molecule has 1 aliphatic heterocycles. The molecule has 0 spiro atoms. The van der Waals surface area contributed by atoms with Gasteiger partial charge in [0, 0.05) is 65.6 Å². The summed E-state index contributed by atoms with van der Waals surface area (Å²) in [6, 6.07) is 46.2. The zero-order valence-electron chi connectivity index (χ0n) is 38.9. The van der Waals surface area contributed by atoms with Crippen molar-refractivity contribution in [2.75, 3.05) is 5.32 Å². The molecule has 0 amide bonds. The van der Waals surface area contributed by atoms with Gasteiger partial charge in [-0.15, -0.1) is 11.3 Å². The molecule has 3 aromatic heterocycles. The van der Waals surface area contributed by atoms with Crippen molar-refractivity contribution in [1.82, 2.24) is 4.57 Å². The topological polar surface area (TPSA) is 30.1 Å². The minimum absolute atomic E-state index is 0.0206. The van der Waals surface area contributed by atoms with Gasteiger partial charge in [0.25, 0.3) is 0 Å². The summed E-state index contributed by atoms with van der Waals surface area (Å²) in [4.78, 5) is 0. The molecule has 0 saturated carbocycles. The number of anilines is 2. The maximum atomic E-state index is 6.60. The molecule has 2 aliphatic rings. The number of rotatable bonds is 3. The second kappa shape index (κ2) is 13.0. The lowest BCUT2D eigenvalue weighted by molar-refractivity contribution is 0.584. The summed E-state index contributed by atoms with van der Waals surface area (Å²) in [5, 5.41) is 10.1. The summed E-state index contributed by atoms with van der Waals surface area (Å²) in [6.07, 6.45) is 0. The number of hydrogen-bond acceptors (Lipinski definition) is 3. The minimum Gasteiger partial charge on any atom is -0.456 e. The number of para-hydroxylation sites is 1. The molecule has 64 heavy (non-hydrogen) atoms. The lowest BCUT2D eigenvalue weighted by Crippen LogP contribution is -2.35. The zero-order valence-corrected chi connectivity index (χ0v) is 39.7. The number of thiophene rings is 1. The molecule has 4 heterocycles. The summed E-state index contributed by atoms with van der Waals surface area (Å²) >= 11 is 1.90. The van der Waals surface area contributed by atoms with Crippen LogP contribution in [0.4, 0.5) is 11.4 Å². The number of hydrogen-bond donors (Lipinski definition) is 1. The second-order valence-corrected chi connectivity index (χ2v) is 23.3. The quantitative estimate of drug-likeness (QED) is 0.180. The smallest absolute Gasteiger partial charge is 0.211 e. The lowest BCUT2D eigenvalue weighted by Gasteiger charge is -2.26. The number of aromatic nitrogens is 1. The Hall–Kier alpha value is -6.04. The third kappa shape index (κ3) is 5.72. The Bertz CT molecular complexity index is 3630. The van der Waals surface area contributed by atoms with Gasteiger partial charge in [-0.05, 0) is 120 Å². The van der Waals surface area contributed by atoms with Crippen LogP contribution < -0.4 is 15.6 Å². The van der Waals surface area contributed by atoms with Crippen molar-refractivity contribution >= 4 is 94.1 Å². The SMILES string of the molecule is CC(C)(C)c1ccc(Nc2cc3c(cc2-c2ccc4c5cc6c(cc5n5c4c2[B]c2sc4ccc(C(C)(C)C)cc4c2-5)oc2ccccc26)C(C)(C)c2cc(C(C)(C)C)ccc2-3)cc1. The minimum atomic E-state index is -0.187. The van der Waals surface area contributed by atoms with Gasteiger partial charge in [-0.1, -0.05) is 143 Å². The van der Waals surface area contributed by atoms with Crippen molar-refractivity contribution in [2.45, 2.75) is 97.8 Å². The van der Waals surface area contributed by atoms with Gasteiger partial charge in [-0.2, -0.15) is 0 Å². The van der Waals surface area contributed by atoms with E-state index in [1.807, 2.05) is 11.3 Å². The first-order valence-electron chi connectivity index (χ1n) is 22.9. The summed E-state index contributed by atoms with van der Waals surface area (Å²) < 4.78 is 11.8. The van der Waals surface area contributed by atoms with Crippen molar-refractivity contribution in [1.29, 1.82) is 0 Å². The fourth-order valence-electron chi connectivity index (χ4n) is 10.8. The van der Waals surface area contributed by atoms with Crippen LogP contribution in [0.15, 0.2) is 126 Å². The second-order valence-electron chi connectivity index (χ2n) is 22.2. The molecular weight excluding hydrogens is 796 g/mol. The fourth-order valence-corrected chi connectivity index (χ4v) is 11.9. The number of furan rings is 1. The normalized spacial score (nSPS) is 14.4. The molecule has 10 aromatic rings. The summed E-state index contributed by atoms with van der Waals surface area (Å²) in [5.74, 6) is 0. The van der Waals surface area contributed by atoms with Crippen LogP contribution in [-0.4, -0.2) is 11.8 Å². The highest BCUT2D eigenvalue weighted by molar-refractivity contribution is 7.29. The summed E-state index contributed by atoms with van der Waals surface area (Å²) in [5.41, 5.74) is 20.8. The van der Waals surface area contributed by atoms with E-state index in [0.717, 1.165) is 33.3 Å². The van der Waals surface area contributed by atoms with E-state index in [0.29, 0.717) is 0 Å². The van der Waals surface area contributed by atoms with Crippen LogP contribution in [0, 0.1) is 0 Å². The largest absolute Gasteiger partial charge is 0.456 e. The Morgan fingerprint density at radius 3 is 1.97 bits per heavy atom. The monoisotopic (exact) mass is 849 g/mol. The highest BCUT2D eigenvalue weighted by atomic mass is 32.1. The van der Waals surface area contributed by atoms with Gasteiger partial charge in [-0.3, -0.25) is 0 Å². The summed E-state index contributed by atoms with van der Waals surface area (Å²) in [7, 11) is 2.50. The van der Waals surface area contributed by atoms with Crippen LogP contribution in [0.25, 0.3) is 81.8 Å². The van der Waals surface area contributed by atoms with Gasteiger partial charge < -0.3 is 14.3 Å². The van der Waals surface area contributed by atoms with E-state index in [-0.39, 0.29) is 21.7 Å². The maximum Gasteiger partial charge on any atom is 0.211 e. The van der Waals surface area contributed by atoms with Crippen LogP contribution in [0.3, 0.4) is 0 Å². The Labute approximate surface area is 381 Å². The molecule has 3 nitrogen and oxygen atoms in total. The number of benzene rings is 7. The predicted octanol–water partition coefficient (Wildman–Crippen LogP) is 15.5. The molecular formula is C59H54BN2OS. The standard InChI is InChI=1S/C59H54BN2OS/c1-56(2,3)32-16-20-35(21-17-32)61-47-30-40-36-22-18-34(58(7,8)9)27-45(36)59(10,11)46(40)29-41(47)38-23-24-39-42-28-43-37-14-12-13-15-49(37)63-50(43)31-48(42)62-53(39)52(38)60-55-54(62)44-26-33(57(4,5)6)19-25-51(44)64-55/h12-31,61H,1-11H3. The molecule has 0 unspecified atom stereocenters. The van der Waals surface area contributed by atoms with E-state index in [9.17, 15) is 0 Å². The first-order chi connectivity index (χ1) is 30.3. The van der Waals surface area contributed by atoms with E-state index >= 15 is 0 Å². The number of nitrogens with zero attached hydrogens (tertiary/aromatic N) is 1. The lowest BCUT2D eigenvalue weighted by atomic mass is 9.63. The van der Waals surface area contributed by atoms with Crippen molar-refractivity contribution in [3.8, 4) is 27.9 Å². The Morgan fingerprint density at radius 2 is 1.22 bits per heavy atom. The van der Waals surface area contributed by atoms with Gasteiger partial charge in [-0.25, -0.2) is 0 Å². The molecule has 315 valence electrons. The highest BCUT2D eigenvalue weighted by Crippen LogP contribution is 2.53. The van der Waals surface area contributed by atoms with Crippen LogP contribution >= 0.6 is 11.3 Å². The van der Waals surface area contributed by atoms with Crippen LogP contribution in [0.1, 0.15) is 104 Å². The average Bonchev–Trinajstić information content (AvgIpc) is 3.95. The molecule has 12 rings (SSSR count). The molecule has 1 radical (unpaired) electrons. The third-order valence-electron chi connectivity index (χ3n) is 14.5. The van der Waals surface area contributed by atoms with Crippen LogP contribution in [-0.2, 0) is 21.7 Å². The molecule has 1 N–H and O–H groups in total. The van der Waals surface area contributed by atoms with Gasteiger partial charge in [0.05, 0.1) is 11.2 Å². The first-order valence-corrected chi connectivity index (χ1v) is 23.7. The Balaban J connectivity index is 1.15. The Kier molecular flexibility index (Phi) is 8.06. The van der Waals surface area contributed by atoms with E-state index < -0.39 is 0 Å². The van der Waals surface area contributed by atoms with Crippen LogP contribution in [0.2, 0.25) is 0 Å². The molecule has 0 atom stereocenters. The van der Waals surface area contributed by atoms with Crippen LogP contribution in [0.5, 0.6) is 0 Å². The van der Waals surface area contributed by atoms with E-state index in [1.165, 1.54) is 97.9 Å². The molecule has 0 saturated heterocycles. The molecule has 1 aliphatic carbocycles. The highest BCUT2D eigenvalue weighted by Gasteiger charge is 2.38. The Morgan fingerprint density at radius 1 is 0.547 bits per heavy atom. The van der Waals surface area contributed by atoms with Crippen molar-refractivity contribution in [3.05, 3.63) is 149 Å². The maximum absolute atomic E-state index is 6.60. The fraction of sp³-hybridized carbons (Fsp3) is 0.254. The van der Waals surface area contributed by atoms with Crippen molar-refractivity contribution in [3.63, 3.8) is 0 Å². The van der Waals surface area contributed by atoms with Crippen molar-refractivity contribution in [2.24, 2.45) is 0 Å². The number of nitrogens with one attached hydrogen (secondary N) is 1. The van der Waals surface area contributed by atoms with Gasteiger partial charge in [0.15, 0.2) is 0 Å². The van der Waals surface area contributed by atoms with Gasteiger partial charge in [0.2, 0.25) is 7.28 Å². The third-order valence-corrected chi connectivity index (χ3v) is 15.6. The van der Waals surface area contributed by atoms with E-state index in [4.69, 9.17) is 4.42 Å². The molecule has 0 fully saturated rings. The van der Waals surface area contributed by atoms with Crippen molar-refractivity contribution < 1.29 is 4.42 Å². The van der Waals surface area contributed by atoms with Gasteiger partial charge in [0.1, 0.15) is 11.2 Å². The molecule has 0 bridgehead atoms. The first kappa shape index (κ1) is 39.5. The average molecular weight is 850 g/mol. The van der Waals surface area contributed by atoms with E-state index in [1.54, 1.807) is 0 Å². The van der Waals surface area contributed by atoms with E-state index in [2.05, 4.69) is 215 Å². The molecule has 7 aromatic carbocycles. The number of fused-ring (bicyclic) bond motifs is 13. The molecule has 5 heteroatoms.